The van der Waals surface area contributed by atoms with Crippen LogP contribution in [0.1, 0.15) is 21.5 Å². The quantitative estimate of drug-likeness (QED) is 0.679. The van der Waals surface area contributed by atoms with Crippen LogP contribution in [-0.2, 0) is 0 Å². The Labute approximate surface area is 113 Å². The second kappa shape index (κ2) is 4.90. The molecule has 92 valence electrons. The van der Waals surface area contributed by atoms with Gasteiger partial charge in [0.15, 0.2) is 5.78 Å². The van der Waals surface area contributed by atoms with Crippen LogP contribution >= 0.6 is 15.9 Å². The lowest BCUT2D eigenvalue weighted by Gasteiger charge is -2.06. The number of carbonyl (C=O) groups is 1. The summed E-state index contributed by atoms with van der Waals surface area (Å²) in [6, 6.07) is 9.74. The lowest BCUT2D eigenvalue weighted by Crippen LogP contribution is -2.04. The van der Waals surface area contributed by atoms with E-state index in [1.807, 2.05) is 19.1 Å². The first-order chi connectivity index (χ1) is 8.49. The van der Waals surface area contributed by atoms with Crippen LogP contribution in [0.2, 0.25) is 0 Å². The first kappa shape index (κ1) is 12.8. The molecule has 0 aliphatic rings. The van der Waals surface area contributed by atoms with Crippen LogP contribution in [0.25, 0.3) is 0 Å². The molecule has 0 heterocycles. The standard InChI is InChI=1S/C14H11BrFNO/c1-8-2-4-9(5-3-8)14(18)10-6-13(17)12(16)7-11(10)15/h2-7H,17H2,1H3. The van der Waals surface area contributed by atoms with Gasteiger partial charge in [-0.05, 0) is 35.0 Å². The van der Waals surface area contributed by atoms with Crippen molar-refractivity contribution in [2.75, 3.05) is 5.73 Å². The topological polar surface area (TPSA) is 43.1 Å². The number of nitrogen functional groups attached to an aromatic ring is 1. The molecule has 0 amide bonds. The van der Waals surface area contributed by atoms with E-state index in [1.165, 1.54) is 12.1 Å². The van der Waals surface area contributed by atoms with Crippen LogP contribution in [0.4, 0.5) is 10.1 Å². The van der Waals surface area contributed by atoms with Gasteiger partial charge in [-0.2, -0.15) is 0 Å². The molecule has 0 saturated heterocycles. The van der Waals surface area contributed by atoms with Crippen molar-refractivity contribution < 1.29 is 9.18 Å². The summed E-state index contributed by atoms with van der Waals surface area (Å²) in [4.78, 5) is 12.2. The number of hydrogen-bond acceptors (Lipinski definition) is 2. The molecule has 2 N–H and O–H groups in total. The van der Waals surface area contributed by atoms with E-state index in [-0.39, 0.29) is 11.5 Å². The summed E-state index contributed by atoms with van der Waals surface area (Å²) in [7, 11) is 0. The first-order valence-electron chi connectivity index (χ1n) is 5.35. The molecule has 0 radical (unpaired) electrons. The molecule has 0 saturated carbocycles. The first-order valence-corrected chi connectivity index (χ1v) is 6.14. The van der Waals surface area contributed by atoms with Crippen LogP contribution in [0.15, 0.2) is 40.9 Å². The average molecular weight is 308 g/mol. The summed E-state index contributed by atoms with van der Waals surface area (Å²) in [6.07, 6.45) is 0. The average Bonchev–Trinajstić information content (AvgIpc) is 2.34. The van der Waals surface area contributed by atoms with E-state index < -0.39 is 5.82 Å². The summed E-state index contributed by atoms with van der Waals surface area (Å²) in [5.41, 5.74) is 7.43. The summed E-state index contributed by atoms with van der Waals surface area (Å²) >= 11 is 3.18. The summed E-state index contributed by atoms with van der Waals surface area (Å²) in [5, 5.41) is 0. The van der Waals surface area contributed by atoms with E-state index in [4.69, 9.17) is 5.73 Å². The summed E-state index contributed by atoms with van der Waals surface area (Å²) in [6.45, 7) is 1.94. The molecule has 0 aliphatic carbocycles. The van der Waals surface area contributed by atoms with Gasteiger partial charge in [-0.1, -0.05) is 29.8 Å². The summed E-state index contributed by atoms with van der Waals surface area (Å²) in [5.74, 6) is -0.726. The molecule has 4 heteroatoms. The Balaban J connectivity index is 2.46. The third-order valence-corrected chi connectivity index (χ3v) is 3.30. The van der Waals surface area contributed by atoms with Crippen molar-refractivity contribution in [2.45, 2.75) is 6.92 Å². The largest absolute Gasteiger partial charge is 0.396 e. The van der Waals surface area contributed by atoms with Gasteiger partial charge < -0.3 is 5.73 Å². The highest BCUT2D eigenvalue weighted by molar-refractivity contribution is 9.10. The predicted octanol–water partition coefficient (Wildman–Crippen LogP) is 3.71. The number of aryl methyl sites for hydroxylation is 1. The Hall–Kier alpha value is -1.68. The second-order valence-corrected chi connectivity index (χ2v) is 4.90. The summed E-state index contributed by atoms with van der Waals surface area (Å²) < 4.78 is 13.6. The molecule has 0 atom stereocenters. The normalized spacial score (nSPS) is 10.4. The number of hydrogen-bond donors (Lipinski definition) is 1. The van der Waals surface area contributed by atoms with Gasteiger partial charge in [-0.15, -0.1) is 0 Å². The van der Waals surface area contributed by atoms with E-state index >= 15 is 0 Å². The maximum absolute atomic E-state index is 13.2. The molecular weight excluding hydrogens is 297 g/mol. The van der Waals surface area contributed by atoms with Gasteiger partial charge in [-0.3, -0.25) is 4.79 Å². The zero-order valence-electron chi connectivity index (χ0n) is 9.71. The molecule has 2 rings (SSSR count). The van der Waals surface area contributed by atoms with Gasteiger partial charge >= 0.3 is 0 Å². The lowest BCUT2D eigenvalue weighted by atomic mass is 10.0. The Morgan fingerprint density at radius 2 is 1.83 bits per heavy atom. The van der Waals surface area contributed by atoms with Crippen molar-refractivity contribution in [1.82, 2.24) is 0 Å². The molecule has 0 fully saturated rings. The van der Waals surface area contributed by atoms with Gasteiger partial charge in [0, 0.05) is 15.6 Å². The molecule has 0 unspecified atom stereocenters. The van der Waals surface area contributed by atoms with Crippen molar-refractivity contribution in [1.29, 1.82) is 0 Å². The Morgan fingerprint density at radius 3 is 2.44 bits per heavy atom. The highest BCUT2D eigenvalue weighted by atomic mass is 79.9. The lowest BCUT2D eigenvalue weighted by molar-refractivity contribution is 0.103. The molecule has 0 aliphatic heterocycles. The number of nitrogens with two attached hydrogens (primary N) is 1. The number of anilines is 1. The fourth-order valence-corrected chi connectivity index (χ4v) is 2.10. The third kappa shape index (κ3) is 2.43. The van der Waals surface area contributed by atoms with Crippen molar-refractivity contribution in [3.8, 4) is 0 Å². The minimum absolute atomic E-state index is 0.0336. The number of ketones is 1. The van der Waals surface area contributed by atoms with E-state index in [2.05, 4.69) is 15.9 Å². The molecular formula is C14H11BrFNO. The van der Waals surface area contributed by atoms with Gasteiger partial charge in [0.2, 0.25) is 0 Å². The second-order valence-electron chi connectivity index (χ2n) is 4.05. The molecule has 0 bridgehead atoms. The van der Waals surface area contributed by atoms with E-state index in [9.17, 15) is 9.18 Å². The molecule has 0 aromatic heterocycles. The minimum Gasteiger partial charge on any atom is -0.396 e. The van der Waals surface area contributed by atoms with Gasteiger partial charge in [0.05, 0.1) is 5.69 Å². The van der Waals surface area contributed by atoms with Crippen molar-refractivity contribution in [3.05, 3.63) is 63.4 Å². The monoisotopic (exact) mass is 307 g/mol. The van der Waals surface area contributed by atoms with Gasteiger partial charge in [0.1, 0.15) is 5.82 Å². The van der Waals surface area contributed by atoms with Crippen LogP contribution in [0.5, 0.6) is 0 Å². The fourth-order valence-electron chi connectivity index (χ4n) is 1.60. The molecule has 2 nitrogen and oxygen atoms in total. The maximum Gasteiger partial charge on any atom is 0.194 e. The SMILES string of the molecule is Cc1ccc(C(=O)c2cc(N)c(F)cc2Br)cc1. The van der Waals surface area contributed by atoms with E-state index in [0.29, 0.717) is 15.6 Å². The minimum atomic E-state index is -0.540. The van der Waals surface area contributed by atoms with Gasteiger partial charge in [0.25, 0.3) is 0 Å². The predicted molar refractivity (Wildman–Crippen MR) is 73.1 cm³/mol. The number of benzene rings is 2. The molecule has 2 aromatic carbocycles. The van der Waals surface area contributed by atoms with E-state index in [1.54, 1.807) is 12.1 Å². The van der Waals surface area contributed by atoms with E-state index in [0.717, 1.165) is 5.56 Å². The van der Waals surface area contributed by atoms with Crippen LogP contribution in [-0.4, -0.2) is 5.78 Å². The molecule has 0 spiro atoms. The zero-order valence-corrected chi connectivity index (χ0v) is 11.3. The van der Waals surface area contributed by atoms with Crippen molar-refractivity contribution in [2.24, 2.45) is 0 Å². The molecule has 2 aromatic rings. The van der Waals surface area contributed by atoms with Gasteiger partial charge in [-0.25, -0.2) is 4.39 Å². The van der Waals surface area contributed by atoms with Crippen LogP contribution in [0, 0.1) is 12.7 Å². The highest BCUT2D eigenvalue weighted by Crippen LogP contribution is 2.25. The number of carbonyl (C=O) groups excluding carboxylic acids is 1. The van der Waals surface area contributed by atoms with Crippen LogP contribution < -0.4 is 5.73 Å². The third-order valence-electron chi connectivity index (χ3n) is 2.64. The zero-order chi connectivity index (χ0) is 13.3. The van der Waals surface area contributed by atoms with Crippen LogP contribution in [0.3, 0.4) is 0 Å². The van der Waals surface area contributed by atoms with Crippen molar-refractivity contribution in [3.63, 3.8) is 0 Å². The number of halogens is 2. The fraction of sp³-hybridized carbons (Fsp3) is 0.0714. The highest BCUT2D eigenvalue weighted by Gasteiger charge is 2.15. The smallest absolute Gasteiger partial charge is 0.194 e. The molecule has 18 heavy (non-hydrogen) atoms. The maximum atomic E-state index is 13.2. The number of rotatable bonds is 2. The van der Waals surface area contributed by atoms with Crippen molar-refractivity contribution >= 4 is 27.4 Å². The Kier molecular flexibility index (Phi) is 3.48. The Bertz CT molecular complexity index is 608. The Morgan fingerprint density at radius 1 is 1.22 bits per heavy atom.